The topological polar surface area (TPSA) is 3.24 Å². The molecule has 1 aliphatic heterocycles. The second kappa shape index (κ2) is 7.77. The van der Waals surface area contributed by atoms with Gasteiger partial charge in [0, 0.05) is 19.0 Å². The fraction of sp³-hybridized carbons (Fsp3) is 0.238. The molecule has 0 fully saturated rings. The third kappa shape index (κ3) is 3.96. The van der Waals surface area contributed by atoms with Crippen molar-refractivity contribution in [2.24, 2.45) is 0 Å². The van der Waals surface area contributed by atoms with Crippen molar-refractivity contribution < 1.29 is 0 Å². The van der Waals surface area contributed by atoms with E-state index >= 15 is 0 Å². The highest BCUT2D eigenvalue weighted by Gasteiger charge is 2.24. The van der Waals surface area contributed by atoms with Crippen LogP contribution >= 0.6 is 0 Å². The van der Waals surface area contributed by atoms with Crippen molar-refractivity contribution in [1.82, 2.24) is 4.90 Å². The summed E-state index contributed by atoms with van der Waals surface area (Å²) < 4.78 is 0. The number of hydrogen-bond acceptors (Lipinski definition) is 1. The lowest BCUT2D eigenvalue weighted by Gasteiger charge is -2.32. The molecule has 0 aliphatic carbocycles. The number of nitrogens with zero attached hydrogens (tertiary/aromatic N) is 1. The molecule has 0 N–H and O–H groups in total. The summed E-state index contributed by atoms with van der Waals surface area (Å²) in [6.45, 7) is 11.1. The molecular formula is C21H25N. The van der Waals surface area contributed by atoms with Gasteiger partial charge in [-0.2, -0.15) is 0 Å². The highest BCUT2D eigenvalue weighted by atomic mass is 15.1. The van der Waals surface area contributed by atoms with Crippen LogP contribution in [0.15, 0.2) is 73.8 Å². The summed E-state index contributed by atoms with van der Waals surface area (Å²) in [5.41, 5.74) is 5.76. The number of rotatable bonds is 2. The van der Waals surface area contributed by atoms with Gasteiger partial charge in [0.15, 0.2) is 0 Å². The fourth-order valence-electron chi connectivity index (χ4n) is 2.96. The van der Waals surface area contributed by atoms with Crippen LogP contribution in [0.25, 0.3) is 0 Å². The molecule has 2 aromatic rings. The summed E-state index contributed by atoms with van der Waals surface area (Å²) in [7, 11) is 2.21. The van der Waals surface area contributed by atoms with Crippen molar-refractivity contribution in [2.75, 3.05) is 13.6 Å². The Balaban J connectivity index is 0.000000396. The minimum Gasteiger partial charge on any atom is -0.301 e. The van der Waals surface area contributed by atoms with Crippen molar-refractivity contribution in [1.29, 1.82) is 0 Å². The van der Waals surface area contributed by atoms with Gasteiger partial charge in [-0.25, -0.2) is 0 Å². The van der Waals surface area contributed by atoms with E-state index in [1.54, 1.807) is 12.2 Å². The van der Waals surface area contributed by atoms with Crippen LogP contribution in [0.4, 0.5) is 0 Å². The van der Waals surface area contributed by atoms with Gasteiger partial charge in [-0.3, -0.25) is 0 Å². The molecule has 1 heterocycles. The van der Waals surface area contributed by atoms with E-state index in [4.69, 9.17) is 0 Å². The number of fused-ring (bicyclic) bond motifs is 1. The highest BCUT2D eigenvalue weighted by Crippen LogP contribution is 2.32. The second-order valence-corrected chi connectivity index (χ2v) is 5.83. The normalized spacial score (nSPS) is 16.9. The van der Waals surface area contributed by atoms with E-state index in [2.05, 4.69) is 80.6 Å². The third-order valence-corrected chi connectivity index (χ3v) is 3.98. The van der Waals surface area contributed by atoms with Crippen LogP contribution < -0.4 is 0 Å². The van der Waals surface area contributed by atoms with Gasteiger partial charge < -0.3 is 4.90 Å². The number of allylic oxidation sites excluding steroid dienone is 2. The summed E-state index contributed by atoms with van der Waals surface area (Å²) in [4.78, 5) is 2.41. The molecule has 1 nitrogen and oxygen atoms in total. The van der Waals surface area contributed by atoms with Crippen LogP contribution in [0.1, 0.15) is 28.2 Å². The SMILES string of the molecule is C=CC=C.Cc1cccc(C2CN(C)Cc3ccccc32)c1. The zero-order valence-electron chi connectivity index (χ0n) is 13.6. The van der Waals surface area contributed by atoms with Crippen molar-refractivity contribution in [2.45, 2.75) is 19.4 Å². The van der Waals surface area contributed by atoms with Gasteiger partial charge in [-0.05, 0) is 30.7 Å². The standard InChI is InChI=1S/C17H19N.C4H6/c1-13-6-5-8-14(10-13)17-12-18(2)11-15-7-3-4-9-16(15)17;1-3-4-2/h3-10,17H,11-12H2,1-2H3;3-4H,1-2H2. The fourth-order valence-corrected chi connectivity index (χ4v) is 2.96. The predicted molar refractivity (Wildman–Crippen MR) is 96.2 cm³/mol. The molecule has 2 aromatic carbocycles. The Hall–Kier alpha value is -2.12. The van der Waals surface area contributed by atoms with Crippen LogP contribution in [0.2, 0.25) is 0 Å². The van der Waals surface area contributed by atoms with Gasteiger partial charge >= 0.3 is 0 Å². The average molecular weight is 291 g/mol. The number of aryl methyl sites for hydroxylation is 1. The van der Waals surface area contributed by atoms with Gasteiger partial charge in [-0.1, -0.05) is 79.4 Å². The van der Waals surface area contributed by atoms with E-state index in [1.807, 2.05) is 0 Å². The van der Waals surface area contributed by atoms with Crippen LogP contribution in [-0.2, 0) is 6.54 Å². The molecule has 1 heteroatoms. The van der Waals surface area contributed by atoms with Gasteiger partial charge in [-0.15, -0.1) is 0 Å². The molecule has 1 aliphatic rings. The van der Waals surface area contributed by atoms with Crippen molar-refractivity contribution >= 4 is 0 Å². The van der Waals surface area contributed by atoms with Crippen LogP contribution in [0.5, 0.6) is 0 Å². The largest absolute Gasteiger partial charge is 0.301 e. The molecular weight excluding hydrogens is 266 g/mol. The van der Waals surface area contributed by atoms with E-state index in [0.29, 0.717) is 5.92 Å². The minimum absolute atomic E-state index is 0.514. The third-order valence-electron chi connectivity index (χ3n) is 3.98. The van der Waals surface area contributed by atoms with Gasteiger partial charge in [0.25, 0.3) is 0 Å². The number of likely N-dealkylation sites (N-methyl/N-ethyl adjacent to an activating group) is 1. The molecule has 3 rings (SSSR count). The maximum atomic E-state index is 3.36. The van der Waals surface area contributed by atoms with E-state index < -0.39 is 0 Å². The van der Waals surface area contributed by atoms with Crippen LogP contribution in [-0.4, -0.2) is 18.5 Å². The zero-order chi connectivity index (χ0) is 15.9. The Morgan fingerprint density at radius 2 is 1.77 bits per heavy atom. The molecule has 0 bridgehead atoms. The highest BCUT2D eigenvalue weighted by molar-refractivity contribution is 5.41. The summed E-state index contributed by atoms with van der Waals surface area (Å²) in [6, 6.07) is 17.8. The Morgan fingerprint density at radius 3 is 2.45 bits per heavy atom. The molecule has 1 atom stereocenters. The van der Waals surface area contributed by atoms with Crippen molar-refractivity contribution in [3.8, 4) is 0 Å². The molecule has 0 radical (unpaired) electrons. The van der Waals surface area contributed by atoms with Gasteiger partial charge in [0.2, 0.25) is 0 Å². The predicted octanol–water partition coefficient (Wildman–Crippen LogP) is 4.93. The molecule has 1 unspecified atom stereocenters. The molecule has 114 valence electrons. The maximum Gasteiger partial charge on any atom is 0.0234 e. The average Bonchev–Trinajstić information content (AvgIpc) is 2.54. The van der Waals surface area contributed by atoms with Gasteiger partial charge in [0.1, 0.15) is 0 Å². The van der Waals surface area contributed by atoms with Crippen molar-refractivity contribution in [3.05, 3.63) is 96.1 Å². The molecule has 22 heavy (non-hydrogen) atoms. The van der Waals surface area contributed by atoms with Crippen molar-refractivity contribution in [3.63, 3.8) is 0 Å². The second-order valence-electron chi connectivity index (χ2n) is 5.83. The Morgan fingerprint density at radius 1 is 1.05 bits per heavy atom. The molecule has 0 amide bonds. The van der Waals surface area contributed by atoms with E-state index in [0.717, 1.165) is 13.1 Å². The summed E-state index contributed by atoms with van der Waals surface area (Å²) >= 11 is 0. The number of hydrogen-bond donors (Lipinski definition) is 0. The number of benzene rings is 2. The lowest BCUT2D eigenvalue weighted by atomic mass is 9.84. The molecule has 0 spiro atoms. The van der Waals surface area contributed by atoms with E-state index in [1.165, 1.54) is 22.3 Å². The smallest absolute Gasteiger partial charge is 0.0234 e. The first kappa shape index (κ1) is 16.3. The summed E-state index contributed by atoms with van der Waals surface area (Å²) in [5.74, 6) is 0.514. The summed E-state index contributed by atoms with van der Waals surface area (Å²) in [6.07, 6.45) is 3.28. The first-order chi connectivity index (χ1) is 10.7. The Kier molecular flexibility index (Phi) is 5.74. The summed E-state index contributed by atoms with van der Waals surface area (Å²) in [5, 5.41) is 0. The van der Waals surface area contributed by atoms with E-state index in [9.17, 15) is 0 Å². The lowest BCUT2D eigenvalue weighted by molar-refractivity contribution is 0.295. The molecule has 0 aromatic heterocycles. The van der Waals surface area contributed by atoms with Crippen LogP contribution in [0.3, 0.4) is 0 Å². The minimum atomic E-state index is 0.514. The van der Waals surface area contributed by atoms with E-state index in [-0.39, 0.29) is 0 Å². The lowest BCUT2D eigenvalue weighted by Crippen LogP contribution is -2.30. The maximum absolute atomic E-state index is 3.36. The first-order valence-corrected chi connectivity index (χ1v) is 7.72. The molecule has 0 saturated carbocycles. The Labute approximate surface area is 134 Å². The first-order valence-electron chi connectivity index (χ1n) is 7.72. The quantitative estimate of drug-likeness (QED) is 0.709. The van der Waals surface area contributed by atoms with Gasteiger partial charge in [0.05, 0.1) is 0 Å². The monoisotopic (exact) mass is 291 g/mol. The zero-order valence-corrected chi connectivity index (χ0v) is 13.6. The molecule has 0 saturated heterocycles. The van der Waals surface area contributed by atoms with Crippen LogP contribution in [0, 0.1) is 6.92 Å². The Bertz CT molecular complexity index is 636.